The maximum Gasteiger partial charge on any atom is 0.174 e. The monoisotopic (exact) mass is 269 g/mol. The van der Waals surface area contributed by atoms with Gasteiger partial charge in [0, 0.05) is 17.1 Å². The Labute approximate surface area is 115 Å². The summed E-state index contributed by atoms with van der Waals surface area (Å²) in [6.45, 7) is 0.740. The summed E-state index contributed by atoms with van der Waals surface area (Å²) < 4.78 is 5.17. The molecule has 1 heterocycles. The van der Waals surface area contributed by atoms with Gasteiger partial charge in [-0.1, -0.05) is 0 Å². The van der Waals surface area contributed by atoms with E-state index in [1.54, 1.807) is 0 Å². The Balaban J connectivity index is 1.89. The molecule has 0 saturated carbocycles. The number of nitriles is 2. The Hall–Kier alpha value is -2.50. The van der Waals surface area contributed by atoms with E-state index < -0.39 is 0 Å². The van der Waals surface area contributed by atoms with Crippen molar-refractivity contribution in [3.05, 3.63) is 46.2 Å². The third-order valence-electron chi connectivity index (χ3n) is 2.40. The van der Waals surface area contributed by atoms with Crippen LogP contribution in [0.4, 0.5) is 5.69 Å². The van der Waals surface area contributed by atoms with Crippen LogP contribution >= 0.6 is 11.3 Å². The average molecular weight is 269 g/mol. The van der Waals surface area contributed by atoms with Crippen molar-refractivity contribution in [2.45, 2.75) is 6.54 Å². The van der Waals surface area contributed by atoms with Gasteiger partial charge in [0.25, 0.3) is 0 Å². The van der Waals surface area contributed by atoms with Crippen LogP contribution in [-0.4, -0.2) is 6.61 Å². The first-order valence-corrected chi connectivity index (χ1v) is 6.46. The van der Waals surface area contributed by atoms with Crippen LogP contribution in [0.3, 0.4) is 0 Å². The number of hydrogen-bond acceptors (Lipinski definition) is 5. The highest BCUT2D eigenvalue weighted by atomic mass is 32.1. The maximum absolute atomic E-state index is 8.74. The molecule has 1 aromatic heterocycles. The van der Waals surface area contributed by atoms with Crippen molar-refractivity contribution >= 4 is 17.0 Å². The van der Waals surface area contributed by atoms with Crippen molar-refractivity contribution in [1.82, 2.24) is 0 Å². The summed E-state index contributed by atoms with van der Waals surface area (Å²) in [5.41, 5.74) is 0.969. The molecule has 2 aromatic rings. The van der Waals surface area contributed by atoms with Gasteiger partial charge in [-0.2, -0.15) is 10.5 Å². The molecular weight excluding hydrogens is 258 g/mol. The van der Waals surface area contributed by atoms with Gasteiger partial charge in [-0.15, -0.1) is 11.3 Å². The van der Waals surface area contributed by atoms with Gasteiger partial charge in [0.2, 0.25) is 0 Å². The molecular formula is C14H11N3OS. The first kappa shape index (κ1) is 12.9. The summed E-state index contributed by atoms with van der Waals surface area (Å²) in [6, 6.07) is 15.2. The largest absolute Gasteiger partial charge is 0.479 e. The molecule has 4 nitrogen and oxygen atoms in total. The van der Waals surface area contributed by atoms with Gasteiger partial charge >= 0.3 is 0 Å². The fraction of sp³-hybridized carbons (Fsp3) is 0.143. The van der Waals surface area contributed by atoms with Crippen LogP contribution < -0.4 is 10.1 Å². The summed E-state index contributed by atoms with van der Waals surface area (Å²) >= 11 is 1.48. The SMILES string of the molecule is N#CCOc1ccc(NCc2ccc(C#N)s2)cc1. The van der Waals surface area contributed by atoms with E-state index >= 15 is 0 Å². The van der Waals surface area contributed by atoms with Gasteiger partial charge in [-0.3, -0.25) is 0 Å². The molecule has 0 aliphatic rings. The molecule has 5 heteroatoms. The van der Waals surface area contributed by atoms with Crippen molar-refractivity contribution < 1.29 is 4.74 Å². The predicted octanol–water partition coefficient (Wildman–Crippen LogP) is 3.13. The van der Waals surface area contributed by atoms with Gasteiger partial charge in [0.1, 0.15) is 22.8 Å². The lowest BCUT2D eigenvalue weighted by atomic mass is 10.3. The molecule has 0 unspecified atom stereocenters. The Bertz CT molecular complexity index is 619. The first-order valence-electron chi connectivity index (χ1n) is 5.64. The summed E-state index contributed by atoms with van der Waals surface area (Å²) in [4.78, 5) is 1.83. The number of benzene rings is 1. The lowest BCUT2D eigenvalue weighted by molar-refractivity contribution is 0.368. The topological polar surface area (TPSA) is 68.8 Å². The van der Waals surface area contributed by atoms with E-state index in [9.17, 15) is 0 Å². The number of thiophene rings is 1. The number of ether oxygens (including phenoxy) is 1. The number of nitrogens with one attached hydrogen (secondary N) is 1. The minimum Gasteiger partial charge on any atom is -0.479 e. The maximum atomic E-state index is 8.74. The summed E-state index contributed by atoms with van der Waals surface area (Å²) in [5.74, 6) is 0.676. The molecule has 19 heavy (non-hydrogen) atoms. The van der Waals surface area contributed by atoms with Crippen molar-refractivity contribution in [2.75, 3.05) is 11.9 Å². The zero-order chi connectivity index (χ0) is 13.5. The molecule has 0 bridgehead atoms. The fourth-order valence-electron chi connectivity index (χ4n) is 1.51. The first-order chi connectivity index (χ1) is 9.31. The Morgan fingerprint density at radius 2 is 1.89 bits per heavy atom. The highest BCUT2D eigenvalue weighted by Crippen LogP contribution is 2.19. The lowest BCUT2D eigenvalue weighted by Crippen LogP contribution is -1.98. The van der Waals surface area contributed by atoms with Gasteiger partial charge in [0.05, 0.1) is 0 Å². The molecule has 1 N–H and O–H groups in total. The van der Waals surface area contributed by atoms with Crippen molar-refractivity contribution in [3.63, 3.8) is 0 Å². The quantitative estimate of drug-likeness (QED) is 0.905. The highest BCUT2D eigenvalue weighted by molar-refractivity contribution is 7.12. The van der Waals surface area contributed by atoms with E-state index in [0.717, 1.165) is 15.4 Å². The molecule has 0 amide bonds. The minimum atomic E-state index is 0.0545. The second kappa shape index (κ2) is 6.44. The molecule has 0 fully saturated rings. The van der Waals surface area contributed by atoms with E-state index in [0.29, 0.717) is 12.3 Å². The molecule has 94 valence electrons. The van der Waals surface area contributed by atoms with E-state index in [2.05, 4.69) is 11.4 Å². The van der Waals surface area contributed by atoms with Crippen LogP contribution in [0, 0.1) is 22.7 Å². The van der Waals surface area contributed by atoms with Gasteiger partial charge in [-0.25, -0.2) is 0 Å². The van der Waals surface area contributed by atoms with Crippen LogP contribution in [-0.2, 0) is 6.54 Å². The van der Waals surface area contributed by atoms with Crippen LogP contribution in [0.5, 0.6) is 5.75 Å². The molecule has 0 radical (unpaired) electrons. The highest BCUT2D eigenvalue weighted by Gasteiger charge is 2.00. The Morgan fingerprint density at radius 1 is 1.11 bits per heavy atom. The van der Waals surface area contributed by atoms with E-state index in [-0.39, 0.29) is 6.61 Å². The molecule has 2 rings (SSSR count). The molecule has 0 aliphatic heterocycles. The van der Waals surface area contributed by atoms with Crippen LogP contribution in [0.25, 0.3) is 0 Å². The Morgan fingerprint density at radius 3 is 2.53 bits per heavy atom. The number of anilines is 1. The van der Waals surface area contributed by atoms with Crippen molar-refractivity contribution in [3.8, 4) is 17.9 Å². The second-order valence-corrected chi connectivity index (χ2v) is 4.87. The van der Waals surface area contributed by atoms with Crippen molar-refractivity contribution in [2.24, 2.45) is 0 Å². The average Bonchev–Trinajstić information content (AvgIpc) is 2.92. The molecule has 0 atom stereocenters. The molecule has 0 saturated heterocycles. The van der Waals surface area contributed by atoms with Gasteiger partial charge < -0.3 is 10.1 Å². The summed E-state index contributed by atoms with van der Waals surface area (Å²) in [5, 5.41) is 20.4. The fourth-order valence-corrected chi connectivity index (χ4v) is 2.25. The summed E-state index contributed by atoms with van der Waals surface area (Å²) in [7, 11) is 0. The van der Waals surface area contributed by atoms with Crippen LogP contribution in [0.1, 0.15) is 9.75 Å². The zero-order valence-corrected chi connectivity index (χ0v) is 10.9. The van der Waals surface area contributed by atoms with Gasteiger partial charge in [0.15, 0.2) is 6.61 Å². The third kappa shape index (κ3) is 3.74. The Kier molecular flexibility index (Phi) is 4.39. The van der Waals surface area contributed by atoms with E-state index in [4.69, 9.17) is 15.3 Å². The normalized spacial score (nSPS) is 9.37. The number of nitrogens with zero attached hydrogens (tertiary/aromatic N) is 2. The zero-order valence-electron chi connectivity index (χ0n) is 10.1. The predicted molar refractivity (Wildman–Crippen MR) is 73.9 cm³/mol. The van der Waals surface area contributed by atoms with Crippen LogP contribution in [0.15, 0.2) is 36.4 Å². The van der Waals surface area contributed by atoms with Crippen LogP contribution in [0.2, 0.25) is 0 Å². The number of hydrogen-bond donors (Lipinski definition) is 1. The van der Waals surface area contributed by atoms with Gasteiger partial charge in [-0.05, 0) is 36.4 Å². The molecule has 0 aliphatic carbocycles. The van der Waals surface area contributed by atoms with E-state index in [1.165, 1.54) is 11.3 Å². The standard InChI is InChI=1S/C14H11N3OS/c15-7-8-18-12-3-1-11(2-4-12)17-10-14-6-5-13(9-16)19-14/h1-6,17H,8,10H2. The lowest BCUT2D eigenvalue weighted by Gasteiger charge is -2.06. The van der Waals surface area contributed by atoms with Crippen molar-refractivity contribution in [1.29, 1.82) is 10.5 Å². The second-order valence-electron chi connectivity index (χ2n) is 3.70. The van der Waals surface area contributed by atoms with E-state index in [1.807, 2.05) is 42.5 Å². The molecule has 1 aromatic carbocycles. The molecule has 0 spiro atoms. The summed E-state index contributed by atoms with van der Waals surface area (Å²) in [6.07, 6.45) is 0. The third-order valence-corrected chi connectivity index (χ3v) is 3.39. The smallest absolute Gasteiger partial charge is 0.174 e. The minimum absolute atomic E-state index is 0.0545. The number of rotatable bonds is 5.